The van der Waals surface area contributed by atoms with Crippen LogP contribution in [0.4, 0.5) is 26.3 Å². The van der Waals surface area contributed by atoms with Crippen LogP contribution in [-0.4, -0.2) is 33.5 Å². The molecular weight excluding hydrogens is 1040 g/mol. The molecule has 0 saturated heterocycles. The highest BCUT2D eigenvalue weighted by Gasteiger charge is 2.47. The molecule has 0 fully saturated rings. The van der Waals surface area contributed by atoms with Crippen LogP contribution in [0.5, 0.6) is 5.75 Å². The molecule has 0 bridgehead atoms. The molecule has 9 aromatic carbocycles. The molecule has 16 heteroatoms. The number of hydrogen-bond donors (Lipinski definition) is 0. The molecule has 0 heterocycles. The van der Waals surface area contributed by atoms with Gasteiger partial charge in [-0.1, -0.05) is 133 Å². The number of hydrogen-bond acceptors (Lipinski definition) is 7. The Hall–Kier alpha value is -7.86. The summed E-state index contributed by atoms with van der Waals surface area (Å²) in [7, 11) is -4.15. The Balaban J connectivity index is 0.000000176. The van der Waals surface area contributed by atoms with Crippen molar-refractivity contribution in [3.8, 4) is 5.75 Å². The highest BCUT2D eigenvalue weighted by Crippen LogP contribution is 2.59. The number of rotatable bonds is 14. The second-order valence-corrected chi connectivity index (χ2v) is 24.5. The number of carbonyl (C=O) groups excluding carboxylic acids is 2. The van der Waals surface area contributed by atoms with Gasteiger partial charge in [0.2, 0.25) is 0 Å². The summed E-state index contributed by atoms with van der Waals surface area (Å²) in [5, 5.41) is 28.1. The van der Waals surface area contributed by atoms with Gasteiger partial charge in [-0.15, -0.1) is 0 Å². The SMILES string of the molecule is COC(=O)c1cccc(C[P+](c2ccccc2)(c2ccccc2)c2ccccc2)c1.COC(=O)c1cccc(C[P+](c2ccccc2)(c2ccccc2)c2ccccc2)c1.[O-]B([O-])Oc1cc(C(F)(F)F)cc(C(F)(F)F)c1. The minimum absolute atomic E-state index is 0.141. The fourth-order valence-corrected chi connectivity index (χ4v) is 17.5. The first-order chi connectivity index (χ1) is 37.5. The van der Waals surface area contributed by atoms with E-state index in [1.165, 1.54) is 46.0 Å². The van der Waals surface area contributed by atoms with Gasteiger partial charge in [0, 0.05) is 0 Å². The van der Waals surface area contributed by atoms with Gasteiger partial charge < -0.3 is 24.2 Å². The second kappa shape index (κ2) is 26.5. The van der Waals surface area contributed by atoms with E-state index in [0.717, 1.165) is 23.5 Å². The summed E-state index contributed by atoms with van der Waals surface area (Å²) in [6.45, 7) is 0. The van der Waals surface area contributed by atoms with Crippen molar-refractivity contribution in [3.05, 3.63) is 282 Å². The van der Waals surface area contributed by atoms with E-state index in [2.05, 4.69) is 199 Å². The average Bonchev–Trinajstić information content (AvgIpc) is 3.49. The van der Waals surface area contributed by atoms with Crippen molar-refractivity contribution in [3.63, 3.8) is 0 Å². The molecular formula is C62H51BF6O7P2. The van der Waals surface area contributed by atoms with Crippen LogP contribution < -0.4 is 46.5 Å². The first kappa shape index (κ1) is 57.8. The molecule has 9 aromatic rings. The molecule has 0 saturated carbocycles. The van der Waals surface area contributed by atoms with Gasteiger partial charge >= 0.3 is 24.3 Å². The van der Waals surface area contributed by atoms with Crippen LogP contribution in [0.1, 0.15) is 43.0 Å². The Kier molecular flexibility index (Phi) is 19.6. The highest BCUT2D eigenvalue weighted by atomic mass is 31.2. The van der Waals surface area contributed by atoms with Gasteiger partial charge in [-0.05, 0) is 126 Å². The third-order valence-corrected chi connectivity index (χ3v) is 21.3. The van der Waals surface area contributed by atoms with E-state index >= 15 is 0 Å². The first-order valence-corrected chi connectivity index (χ1v) is 28.1. The highest BCUT2D eigenvalue weighted by molar-refractivity contribution is 7.95. The smallest absolute Gasteiger partial charge is 0.416 e. The summed E-state index contributed by atoms with van der Waals surface area (Å²) in [4.78, 5) is 24.3. The number of halogens is 6. The van der Waals surface area contributed by atoms with Crippen molar-refractivity contribution in [2.45, 2.75) is 24.7 Å². The maximum atomic E-state index is 12.3. The Morgan fingerprint density at radius 1 is 0.397 bits per heavy atom. The van der Waals surface area contributed by atoms with Crippen molar-refractivity contribution < 1.29 is 60.1 Å². The van der Waals surface area contributed by atoms with Crippen LogP contribution in [0.2, 0.25) is 0 Å². The number of esters is 2. The molecule has 0 N–H and O–H groups in total. The van der Waals surface area contributed by atoms with Gasteiger partial charge in [-0.3, -0.25) is 0 Å². The third-order valence-electron chi connectivity index (χ3n) is 12.5. The number of ether oxygens (including phenoxy) is 2. The van der Waals surface area contributed by atoms with E-state index in [1.54, 1.807) is 0 Å². The molecule has 0 amide bonds. The molecule has 0 aliphatic rings. The summed E-state index contributed by atoms with van der Waals surface area (Å²) >= 11 is 0. The average molecular weight is 1090 g/mol. The molecule has 396 valence electrons. The van der Waals surface area contributed by atoms with E-state index in [-0.39, 0.29) is 30.1 Å². The van der Waals surface area contributed by atoms with Crippen molar-refractivity contribution in [2.75, 3.05) is 14.2 Å². The van der Waals surface area contributed by atoms with Gasteiger partial charge in [-0.25, -0.2) is 9.59 Å². The second-order valence-electron chi connectivity index (χ2n) is 17.5. The van der Waals surface area contributed by atoms with E-state index in [0.29, 0.717) is 11.1 Å². The van der Waals surface area contributed by atoms with Gasteiger partial charge in [0.05, 0.1) is 54.5 Å². The Bertz CT molecular complexity index is 2930. The number of carbonyl (C=O) groups is 2. The van der Waals surface area contributed by atoms with Crippen LogP contribution in [-0.2, 0) is 34.2 Å². The van der Waals surface area contributed by atoms with E-state index in [9.17, 15) is 46.0 Å². The van der Waals surface area contributed by atoms with E-state index in [1.807, 2.05) is 36.4 Å². The lowest BCUT2D eigenvalue weighted by molar-refractivity contribution is -0.372. The predicted molar refractivity (Wildman–Crippen MR) is 296 cm³/mol. The summed E-state index contributed by atoms with van der Waals surface area (Å²) in [6, 6.07) is 80.3. The summed E-state index contributed by atoms with van der Waals surface area (Å²) in [5.41, 5.74) is 0.108. The zero-order valence-corrected chi connectivity index (χ0v) is 44.0. The predicted octanol–water partition coefficient (Wildman–Crippen LogP) is 10.7. The van der Waals surface area contributed by atoms with Gasteiger partial charge in [0.15, 0.2) is 0 Å². The van der Waals surface area contributed by atoms with Crippen molar-refractivity contribution in [1.29, 1.82) is 0 Å². The lowest BCUT2D eigenvalue weighted by Crippen LogP contribution is -2.50. The quantitative estimate of drug-likeness (QED) is 0.0462. The third kappa shape index (κ3) is 14.4. The molecule has 0 atom stereocenters. The summed E-state index contributed by atoms with van der Waals surface area (Å²) in [5.74, 6) is -1.69. The van der Waals surface area contributed by atoms with E-state index < -0.39 is 51.1 Å². The topological polar surface area (TPSA) is 108 Å². The Labute approximate surface area is 450 Å². The van der Waals surface area contributed by atoms with Crippen molar-refractivity contribution in [2.24, 2.45) is 0 Å². The molecule has 0 aliphatic carbocycles. The number of alkyl halides is 6. The van der Waals surface area contributed by atoms with Crippen LogP contribution in [0.3, 0.4) is 0 Å². The summed E-state index contributed by atoms with van der Waals surface area (Å²) in [6.07, 6.45) is -8.45. The number of benzene rings is 9. The zero-order chi connectivity index (χ0) is 55.8. The normalized spacial score (nSPS) is 11.4. The number of methoxy groups -OCH3 is 2. The van der Waals surface area contributed by atoms with Crippen LogP contribution in [0.25, 0.3) is 0 Å². The Morgan fingerprint density at radius 2 is 0.667 bits per heavy atom. The molecule has 0 aliphatic heterocycles. The molecule has 0 radical (unpaired) electrons. The lowest BCUT2D eigenvalue weighted by Gasteiger charge is -2.28. The fourth-order valence-electron chi connectivity index (χ4n) is 9.02. The lowest BCUT2D eigenvalue weighted by atomic mass is 10.1. The van der Waals surface area contributed by atoms with Crippen LogP contribution in [0.15, 0.2) is 249 Å². The van der Waals surface area contributed by atoms with Crippen molar-refractivity contribution >= 4 is 65.6 Å². The zero-order valence-electron chi connectivity index (χ0n) is 42.2. The van der Waals surface area contributed by atoms with Gasteiger partial charge in [0.1, 0.15) is 53.7 Å². The molecule has 9 rings (SSSR count). The Morgan fingerprint density at radius 3 is 0.897 bits per heavy atom. The van der Waals surface area contributed by atoms with Crippen LogP contribution >= 0.6 is 14.5 Å². The molecule has 7 nitrogen and oxygen atoms in total. The molecule has 0 unspecified atom stereocenters. The maximum Gasteiger partial charge on any atom is 0.416 e. The van der Waals surface area contributed by atoms with Gasteiger partial charge in [-0.2, -0.15) is 26.3 Å². The molecule has 0 aromatic heterocycles. The van der Waals surface area contributed by atoms with E-state index in [4.69, 9.17) is 9.47 Å². The fraction of sp³-hybridized carbons (Fsp3) is 0.0968. The van der Waals surface area contributed by atoms with Gasteiger partial charge in [0.25, 0.3) is 0 Å². The monoisotopic (exact) mass is 1090 g/mol. The molecule has 78 heavy (non-hydrogen) atoms. The first-order valence-electron chi connectivity index (χ1n) is 24.2. The maximum absolute atomic E-state index is 12.3. The van der Waals surface area contributed by atoms with Crippen molar-refractivity contribution in [1.82, 2.24) is 0 Å². The molecule has 0 spiro atoms. The summed E-state index contributed by atoms with van der Waals surface area (Å²) < 4.78 is 87.4. The largest absolute Gasteiger partial charge is 0.860 e. The minimum Gasteiger partial charge on any atom is -0.860 e. The van der Waals surface area contributed by atoms with Crippen LogP contribution in [0, 0.1) is 0 Å². The minimum atomic E-state index is -5.05. The standard InChI is InChI=1S/2C27H24O2P.C8H3BF6O3/c2*1-29-27(28)23-13-11-12-22(20-23)21-30(24-14-5-2-6-15-24,25-16-7-3-8-17-25)26-18-9-4-10-19-26;10-7(11,12)4-1-5(8(13,14)15)3-6(2-4)18-9(16)17/h2*2-20H,21H2,1H3;1-3H/q2*+1;-2.